The monoisotopic (exact) mass is 290 g/mol. The van der Waals surface area contributed by atoms with E-state index in [2.05, 4.69) is 10.3 Å². The summed E-state index contributed by atoms with van der Waals surface area (Å²) in [6, 6.07) is 4.01. The Bertz CT molecular complexity index is 527. The third-order valence-electron chi connectivity index (χ3n) is 2.32. The van der Waals surface area contributed by atoms with Crippen molar-refractivity contribution in [2.24, 2.45) is 5.73 Å². The number of hydrogen-bond donors (Lipinski definition) is 2. The summed E-state index contributed by atoms with van der Waals surface area (Å²) >= 11 is 0. The maximum absolute atomic E-state index is 11.0. The maximum Gasteiger partial charge on any atom is 0.234 e. The largest absolute Gasteiger partial charge is 0.349 e. The van der Waals surface area contributed by atoms with E-state index in [-0.39, 0.29) is 37.3 Å². The lowest BCUT2D eigenvalue weighted by Gasteiger charge is -1.98. The Hall–Kier alpha value is -1.30. The van der Waals surface area contributed by atoms with Crippen molar-refractivity contribution in [3.8, 4) is 0 Å². The van der Waals surface area contributed by atoms with Gasteiger partial charge in [0, 0.05) is 12.4 Å². The number of nitrogens with one attached hydrogen (secondary N) is 1. The molecule has 0 bridgehead atoms. The number of imidazole rings is 1. The van der Waals surface area contributed by atoms with Gasteiger partial charge in [-0.2, -0.15) is 0 Å². The lowest BCUT2D eigenvalue weighted by molar-refractivity contribution is -0.119. The summed E-state index contributed by atoms with van der Waals surface area (Å²) in [7, 11) is 0. The van der Waals surface area contributed by atoms with Crippen LogP contribution in [0.15, 0.2) is 24.5 Å². The van der Waals surface area contributed by atoms with Crippen LogP contribution < -0.4 is 11.1 Å². The molecule has 0 fully saturated rings. The van der Waals surface area contributed by atoms with E-state index in [1.807, 2.05) is 35.9 Å². The summed E-state index contributed by atoms with van der Waals surface area (Å²) in [5.41, 5.74) is 8.07. The van der Waals surface area contributed by atoms with Crippen molar-refractivity contribution < 1.29 is 4.79 Å². The first-order valence-electron chi connectivity index (χ1n) is 5.10. The van der Waals surface area contributed by atoms with Gasteiger partial charge in [-0.25, -0.2) is 4.98 Å². The van der Waals surface area contributed by atoms with Gasteiger partial charge >= 0.3 is 0 Å². The Morgan fingerprint density at radius 1 is 1.50 bits per heavy atom. The summed E-state index contributed by atoms with van der Waals surface area (Å²) in [5.74, 6) is -0.173. The lowest BCUT2D eigenvalue weighted by atomic mass is 10.3. The molecule has 2 aromatic rings. The van der Waals surface area contributed by atoms with Gasteiger partial charge in [0.15, 0.2) is 0 Å². The predicted molar refractivity (Wildman–Crippen MR) is 75.3 cm³/mol. The second-order valence-electron chi connectivity index (χ2n) is 3.68. The highest BCUT2D eigenvalue weighted by molar-refractivity contribution is 5.85. The predicted octanol–water partition coefficient (Wildman–Crippen LogP) is 1.06. The Kier molecular flexibility index (Phi) is 6.68. The van der Waals surface area contributed by atoms with Gasteiger partial charge in [-0.15, -0.1) is 24.8 Å². The number of halogens is 2. The van der Waals surface area contributed by atoms with Crippen LogP contribution in [0.3, 0.4) is 0 Å². The highest BCUT2D eigenvalue weighted by Crippen LogP contribution is 2.07. The van der Waals surface area contributed by atoms with Crippen molar-refractivity contribution >= 4 is 36.4 Å². The van der Waals surface area contributed by atoms with Gasteiger partial charge in [-0.3, -0.25) is 4.79 Å². The minimum atomic E-state index is -0.173. The fourth-order valence-electron chi connectivity index (χ4n) is 1.48. The number of fused-ring (bicyclic) bond motifs is 1. The zero-order valence-corrected chi connectivity index (χ0v) is 11.6. The zero-order chi connectivity index (χ0) is 11.5. The average molecular weight is 291 g/mol. The molecule has 5 nitrogen and oxygen atoms in total. The molecule has 18 heavy (non-hydrogen) atoms. The Balaban J connectivity index is 0.00000144. The first-order valence-corrected chi connectivity index (χ1v) is 5.10. The average Bonchev–Trinajstić information content (AvgIpc) is 2.67. The number of aromatic nitrogens is 2. The first-order chi connectivity index (χ1) is 7.69. The fraction of sp³-hybridized carbons (Fsp3) is 0.273. The highest BCUT2D eigenvalue weighted by atomic mass is 35.5. The molecule has 2 aromatic heterocycles. The van der Waals surface area contributed by atoms with Gasteiger partial charge < -0.3 is 15.5 Å². The van der Waals surface area contributed by atoms with E-state index in [9.17, 15) is 4.79 Å². The summed E-state index contributed by atoms with van der Waals surface area (Å²) in [6.45, 7) is 2.44. The van der Waals surface area contributed by atoms with Crippen LogP contribution in [-0.2, 0) is 11.3 Å². The third-order valence-corrected chi connectivity index (χ3v) is 2.32. The molecule has 2 heterocycles. The van der Waals surface area contributed by atoms with E-state index in [0.29, 0.717) is 6.54 Å². The standard InChI is InChI=1S/C11H14N4O.2ClH/c1-8-2-3-15-7-9(14-10(15)4-8)6-13-11(16)5-12;;/h2-4,7H,5-6,12H2,1H3,(H,13,16);2*1H. The van der Waals surface area contributed by atoms with Crippen molar-refractivity contribution in [3.05, 3.63) is 35.8 Å². The van der Waals surface area contributed by atoms with Crippen LogP contribution in [0.1, 0.15) is 11.3 Å². The van der Waals surface area contributed by atoms with Gasteiger partial charge in [0.2, 0.25) is 5.91 Å². The van der Waals surface area contributed by atoms with Crippen molar-refractivity contribution in [3.63, 3.8) is 0 Å². The summed E-state index contributed by atoms with van der Waals surface area (Å²) < 4.78 is 1.93. The molecule has 100 valence electrons. The second kappa shape index (κ2) is 7.20. The summed E-state index contributed by atoms with van der Waals surface area (Å²) in [4.78, 5) is 15.4. The molecular formula is C11H16Cl2N4O. The number of pyridine rings is 1. The smallest absolute Gasteiger partial charge is 0.234 e. The van der Waals surface area contributed by atoms with Crippen molar-refractivity contribution in [2.45, 2.75) is 13.5 Å². The SMILES string of the molecule is Cc1ccn2cc(CNC(=O)CN)nc2c1.Cl.Cl. The molecule has 3 N–H and O–H groups in total. The van der Waals surface area contributed by atoms with Crippen LogP contribution in [0.2, 0.25) is 0 Å². The van der Waals surface area contributed by atoms with Crippen LogP contribution in [0.25, 0.3) is 5.65 Å². The molecule has 2 rings (SSSR count). The molecule has 0 saturated heterocycles. The topological polar surface area (TPSA) is 72.4 Å². The van der Waals surface area contributed by atoms with E-state index in [1.165, 1.54) is 0 Å². The van der Waals surface area contributed by atoms with Crippen LogP contribution in [-0.4, -0.2) is 21.8 Å². The number of aryl methyl sites for hydroxylation is 1. The minimum Gasteiger partial charge on any atom is -0.349 e. The van der Waals surface area contributed by atoms with Crippen LogP contribution in [0.5, 0.6) is 0 Å². The van der Waals surface area contributed by atoms with E-state index in [4.69, 9.17) is 5.73 Å². The van der Waals surface area contributed by atoms with Gasteiger partial charge in [-0.05, 0) is 24.6 Å². The number of amides is 1. The van der Waals surface area contributed by atoms with Crippen LogP contribution in [0.4, 0.5) is 0 Å². The molecule has 1 amide bonds. The van der Waals surface area contributed by atoms with Crippen LogP contribution >= 0.6 is 24.8 Å². The van der Waals surface area contributed by atoms with E-state index in [0.717, 1.165) is 16.9 Å². The van der Waals surface area contributed by atoms with Gasteiger partial charge in [-0.1, -0.05) is 0 Å². The minimum absolute atomic E-state index is 0. The summed E-state index contributed by atoms with van der Waals surface area (Å²) in [6.07, 6.45) is 3.84. The number of nitrogens with two attached hydrogens (primary N) is 1. The Labute approximate surface area is 118 Å². The number of rotatable bonds is 3. The highest BCUT2D eigenvalue weighted by Gasteiger charge is 2.03. The van der Waals surface area contributed by atoms with Gasteiger partial charge in [0.05, 0.1) is 18.8 Å². The molecule has 0 aliphatic rings. The first kappa shape index (κ1) is 16.7. The second-order valence-corrected chi connectivity index (χ2v) is 3.68. The van der Waals surface area contributed by atoms with Gasteiger partial charge in [0.1, 0.15) is 5.65 Å². The molecule has 0 aliphatic heterocycles. The quantitative estimate of drug-likeness (QED) is 0.888. The van der Waals surface area contributed by atoms with E-state index in [1.54, 1.807) is 0 Å². The number of hydrogen-bond acceptors (Lipinski definition) is 3. The molecule has 0 aliphatic carbocycles. The van der Waals surface area contributed by atoms with E-state index < -0.39 is 0 Å². The Morgan fingerprint density at radius 3 is 2.89 bits per heavy atom. The molecule has 7 heteroatoms. The maximum atomic E-state index is 11.0. The molecule has 0 atom stereocenters. The lowest BCUT2D eigenvalue weighted by Crippen LogP contribution is -2.29. The molecule has 0 unspecified atom stereocenters. The Morgan fingerprint density at radius 2 is 2.22 bits per heavy atom. The number of carbonyl (C=O) groups excluding carboxylic acids is 1. The molecular weight excluding hydrogens is 275 g/mol. The molecule has 0 spiro atoms. The number of nitrogens with zero attached hydrogens (tertiary/aromatic N) is 2. The van der Waals surface area contributed by atoms with Crippen LogP contribution in [0, 0.1) is 6.92 Å². The normalized spacial score (nSPS) is 9.44. The van der Waals surface area contributed by atoms with Crippen molar-refractivity contribution in [2.75, 3.05) is 6.54 Å². The molecule has 0 radical (unpaired) electrons. The van der Waals surface area contributed by atoms with Gasteiger partial charge in [0.25, 0.3) is 0 Å². The van der Waals surface area contributed by atoms with Crippen molar-refractivity contribution in [1.82, 2.24) is 14.7 Å². The fourth-order valence-corrected chi connectivity index (χ4v) is 1.48. The third kappa shape index (κ3) is 3.87. The summed E-state index contributed by atoms with van der Waals surface area (Å²) in [5, 5.41) is 2.68. The van der Waals surface area contributed by atoms with E-state index >= 15 is 0 Å². The zero-order valence-electron chi connectivity index (χ0n) is 9.92. The van der Waals surface area contributed by atoms with Crippen molar-refractivity contribution in [1.29, 1.82) is 0 Å². The number of carbonyl (C=O) groups is 1. The molecule has 0 aromatic carbocycles. The molecule has 0 saturated carbocycles.